The molecular formula is C17H24N2O2. The first kappa shape index (κ1) is 17.0. The molecular weight excluding hydrogens is 264 g/mol. The van der Waals surface area contributed by atoms with Crippen molar-refractivity contribution in [2.45, 2.75) is 46.1 Å². The molecule has 1 N–H and O–H groups in total. The third-order valence-electron chi connectivity index (χ3n) is 3.93. The summed E-state index contributed by atoms with van der Waals surface area (Å²) in [6, 6.07) is 9.85. The lowest BCUT2D eigenvalue weighted by atomic mass is 9.76. The average molecular weight is 288 g/mol. The van der Waals surface area contributed by atoms with Gasteiger partial charge in [-0.2, -0.15) is 5.26 Å². The highest BCUT2D eigenvalue weighted by Gasteiger charge is 2.38. The zero-order chi connectivity index (χ0) is 16.1. The minimum Gasteiger partial charge on any atom is -0.496 e. The zero-order valence-corrected chi connectivity index (χ0v) is 13.5. The van der Waals surface area contributed by atoms with Crippen LogP contribution in [-0.2, 0) is 11.2 Å². The summed E-state index contributed by atoms with van der Waals surface area (Å²) in [4.78, 5) is 12.1. The van der Waals surface area contributed by atoms with Crippen molar-refractivity contribution in [1.29, 1.82) is 5.26 Å². The summed E-state index contributed by atoms with van der Waals surface area (Å²) >= 11 is 0. The van der Waals surface area contributed by atoms with Gasteiger partial charge in [0.25, 0.3) is 0 Å². The van der Waals surface area contributed by atoms with Crippen LogP contribution in [0.15, 0.2) is 24.3 Å². The van der Waals surface area contributed by atoms with E-state index in [4.69, 9.17) is 4.74 Å². The fourth-order valence-electron chi connectivity index (χ4n) is 1.88. The first-order chi connectivity index (χ1) is 9.73. The number of carbonyl (C=O) groups is 1. The number of para-hydroxylation sites is 1. The van der Waals surface area contributed by atoms with Crippen molar-refractivity contribution < 1.29 is 9.53 Å². The minimum atomic E-state index is -0.884. The minimum absolute atomic E-state index is 0.125. The molecule has 1 atom stereocenters. The number of ether oxygens (including phenoxy) is 1. The molecule has 1 rings (SSSR count). The predicted octanol–water partition coefficient (Wildman–Crippen LogP) is 3.07. The Morgan fingerprint density at radius 3 is 2.43 bits per heavy atom. The number of hydrogen-bond donors (Lipinski definition) is 1. The van der Waals surface area contributed by atoms with Crippen molar-refractivity contribution in [1.82, 2.24) is 5.32 Å². The molecule has 0 saturated carbocycles. The van der Waals surface area contributed by atoms with Crippen LogP contribution in [0.5, 0.6) is 5.75 Å². The molecule has 0 aromatic heterocycles. The van der Waals surface area contributed by atoms with Gasteiger partial charge in [-0.15, -0.1) is 0 Å². The monoisotopic (exact) mass is 288 g/mol. The molecule has 4 nitrogen and oxygen atoms in total. The van der Waals surface area contributed by atoms with Crippen LogP contribution in [-0.4, -0.2) is 18.6 Å². The second kappa shape index (κ2) is 6.62. The number of benzene rings is 1. The van der Waals surface area contributed by atoms with E-state index in [-0.39, 0.29) is 11.3 Å². The number of carbonyl (C=O) groups excluding carboxylic acids is 1. The largest absolute Gasteiger partial charge is 0.496 e. The molecule has 1 aromatic carbocycles. The fraction of sp³-hybridized carbons (Fsp3) is 0.529. The second-order valence-electron chi connectivity index (χ2n) is 6.35. The number of nitrogens with zero attached hydrogens (tertiary/aromatic N) is 1. The quantitative estimate of drug-likeness (QED) is 0.905. The van der Waals surface area contributed by atoms with E-state index in [0.29, 0.717) is 12.8 Å². The molecule has 0 heterocycles. The number of hydrogen-bond acceptors (Lipinski definition) is 3. The van der Waals surface area contributed by atoms with Crippen LogP contribution < -0.4 is 10.1 Å². The molecule has 0 aliphatic carbocycles. The number of aryl methyl sites for hydroxylation is 1. The van der Waals surface area contributed by atoms with E-state index in [9.17, 15) is 10.1 Å². The molecule has 0 spiro atoms. The summed E-state index contributed by atoms with van der Waals surface area (Å²) in [6.07, 6.45) is 0.912. The SMILES string of the molecule is COc1ccccc1CCC(=O)N[C@@](C)(C#N)C(C)(C)C. The van der Waals surface area contributed by atoms with Crippen molar-refractivity contribution in [2.24, 2.45) is 5.41 Å². The number of rotatable bonds is 5. The van der Waals surface area contributed by atoms with Crippen LogP contribution in [0.3, 0.4) is 0 Å². The van der Waals surface area contributed by atoms with Gasteiger partial charge in [0.15, 0.2) is 0 Å². The van der Waals surface area contributed by atoms with Crippen LogP contribution >= 0.6 is 0 Å². The third-order valence-corrected chi connectivity index (χ3v) is 3.93. The number of amides is 1. The van der Waals surface area contributed by atoms with E-state index in [0.717, 1.165) is 11.3 Å². The van der Waals surface area contributed by atoms with E-state index >= 15 is 0 Å². The molecule has 0 radical (unpaired) electrons. The normalized spacial score (nSPS) is 13.9. The summed E-state index contributed by atoms with van der Waals surface area (Å²) in [5, 5.41) is 12.2. The smallest absolute Gasteiger partial charge is 0.221 e. The van der Waals surface area contributed by atoms with E-state index in [1.807, 2.05) is 45.0 Å². The molecule has 0 aliphatic rings. The number of methoxy groups -OCH3 is 1. The molecule has 114 valence electrons. The van der Waals surface area contributed by atoms with Gasteiger partial charge < -0.3 is 10.1 Å². The maximum absolute atomic E-state index is 12.1. The predicted molar refractivity (Wildman–Crippen MR) is 82.9 cm³/mol. The molecule has 0 fully saturated rings. The maximum atomic E-state index is 12.1. The Balaban J connectivity index is 2.69. The fourth-order valence-corrected chi connectivity index (χ4v) is 1.88. The number of nitrogens with one attached hydrogen (secondary N) is 1. The second-order valence-corrected chi connectivity index (χ2v) is 6.35. The first-order valence-corrected chi connectivity index (χ1v) is 7.07. The summed E-state index contributed by atoms with van der Waals surface area (Å²) < 4.78 is 5.27. The average Bonchev–Trinajstić information content (AvgIpc) is 2.44. The summed E-state index contributed by atoms with van der Waals surface area (Å²) in [6.45, 7) is 7.58. The van der Waals surface area contributed by atoms with Crippen molar-refractivity contribution in [3.05, 3.63) is 29.8 Å². The summed E-state index contributed by atoms with van der Waals surface area (Å²) in [7, 11) is 1.62. The van der Waals surface area contributed by atoms with Gasteiger partial charge in [-0.25, -0.2) is 0 Å². The van der Waals surface area contributed by atoms with Crippen LogP contribution in [0.4, 0.5) is 0 Å². The Bertz CT molecular complexity index is 540. The Hall–Kier alpha value is -2.02. The van der Waals surface area contributed by atoms with Gasteiger partial charge in [0.1, 0.15) is 11.3 Å². The molecule has 0 saturated heterocycles. The molecule has 1 aromatic rings. The van der Waals surface area contributed by atoms with Gasteiger partial charge in [0, 0.05) is 6.42 Å². The molecule has 0 bridgehead atoms. The topological polar surface area (TPSA) is 62.1 Å². The van der Waals surface area contributed by atoms with Crippen LogP contribution in [0.25, 0.3) is 0 Å². The van der Waals surface area contributed by atoms with Gasteiger partial charge >= 0.3 is 0 Å². The highest BCUT2D eigenvalue weighted by atomic mass is 16.5. The molecule has 4 heteroatoms. The Labute approximate surface area is 127 Å². The van der Waals surface area contributed by atoms with Crippen molar-refractivity contribution in [3.8, 4) is 11.8 Å². The Kier molecular flexibility index (Phi) is 5.37. The Morgan fingerprint density at radius 2 is 1.90 bits per heavy atom. The van der Waals surface area contributed by atoms with E-state index in [1.165, 1.54) is 0 Å². The molecule has 0 unspecified atom stereocenters. The lowest BCUT2D eigenvalue weighted by molar-refractivity contribution is -0.123. The summed E-state index contributed by atoms with van der Waals surface area (Å²) in [5.41, 5.74) is -0.225. The zero-order valence-electron chi connectivity index (χ0n) is 13.5. The van der Waals surface area contributed by atoms with Crippen molar-refractivity contribution in [2.75, 3.05) is 7.11 Å². The van der Waals surface area contributed by atoms with Crippen LogP contribution in [0.1, 0.15) is 39.7 Å². The van der Waals surface area contributed by atoms with Crippen LogP contribution in [0, 0.1) is 16.7 Å². The highest BCUT2D eigenvalue weighted by molar-refractivity contribution is 5.77. The third kappa shape index (κ3) is 4.22. The van der Waals surface area contributed by atoms with E-state index in [2.05, 4.69) is 11.4 Å². The Morgan fingerprint density at radius 1 is 1.29 bits per heavy atom. The van der Waals surface area contributed by atoms with Crippen molar-refractivity contribution in [3.63, 3.8) is 0 Å². The highest BCUT2D eigenvalue weighted by Crippen LogP contribution is 2.29. The van der Waals surface area contributed by atoms with Crippen molar-refractivity contribution >= 4 is 5.91 Å². The van der Waals surface area contributed by atoms with Crippen LogP contribution in [0.2, 0.25) is 0 Å². The van der Waals surface area contributed by atoms with E-state index in [1.54, 1.807) is 14.0 Å². The lowest BCUT2D eigenvalue weighted by Gasteiger charge is -2.36. The van der Waals surface area contributed by atoms with E-state index < -0.39 is 5.54 Å². The molecule has 21 heavy (non-hydrogen) atoms. The number of nitriles is 1. The molecule has 0 aliphatic heterocycles. The molecule has 1 amide bonds. The first-order valence-electron chi connectivity index (χ1n) is 7.07. The van der Waals surface area contributed by atoms with Gasteiger partial charge in [0.05, 0.1) is 13.2 Å². The standard InChI is InChI=1S/C17H24N2O2/c1-16(2,3)17(4,12-18)19-15(20)11-10-13-8-6-7-9-14(13)21-5/h6-9H,10-11H2,1-5H3,(H,19,20)/t17-/m0/s1. The maximum Gasteiger partial charge on any atom is 0.221 e. The van der Waals surface area contributed by atoms with Gasteiger partial charge in [-0.05, 0) is 30.4 Å². The lowest BCUT2D eigenvalue weighted by Crippen LogP contribution is -2.53. The van der Waals surface area contributed by atoms with Gasteiger partial charge in [-0.1, -0.05) is 39.0 Å². The van der Waals surface area contributed by atoms with Gasteiger partial charge in [0.2, 0.25) is 5.91 Å². The summed E-state index contributed by atoms with van der Waals surface area (Å²) in [5.74, 6) is 0.657. The van der Waals surface area contributed by atoms with Gasteiger partial charge in [-0.3, -0.25) is 4.79 Å².